The monoisotopic (exact) mass is 251 g/mol. The smallest absolute Gasteiger partial charge is 0.257 e. The van der Waals surface area contributed by atoms with E-state index in [0.29, 0.717) is 0 Å². The van der Waals surface area contributed by atoms with E-state index >= 15 is 0 Å². The summed E-state index contributed by atoms with van der Waals surface area (Å²) in [7, 11) is 0. The van der Waals surface area contributed by atoms with Crippen molar-refractivity contribution in [2.75, 3.05) is 24.3 Å². The lowest BCUT2D eigenvalue weighted by Crippen LogP contribution is -2.29. The molecular weight excluding hydrogens is 238 g/mol. The molecule has 0 spiro atoms. The van der Waals surface area contributed by atoms with Crippen molar-refractivity contribution in [1.82, 2.24) is 24.7 Å². The number of nitrogen functional groups attached to an aromatic ring is 1. The minimum absolute atomic E-state index is 0.0210. The highest BCUT2D eigenvalue weighted by Gasteiger charge is 2.10. The summed E-state index contributed by atoms with van der Waals surface area (Å²) in [4.78, 5) is 11.9. The molecule has 2 aromatic rings. The van der Waals surface area contributed by atoms with Gasteiger partial charge < -0.3 is 21.3 Å². The van der Waals surface area contributed by atoms with Crippen LogP contribution in [-0.4, -0.2) is 54.2 Å². The number of aliphatic hydroxyl groups is 2. The molecule has 9 heteroatoms. The fourth-order valence-corrected chi connectivity index (χ4v) is 1.27. The molecule has 0 aliphatic carbocycles. The molecule has 18 heavy (non-hydrogen) atoms. The summed E-state index contributed by atoms with van der Waals surface area (Å²) in [6.07, 6.45) is 3.24. The van der Waals surface area contributed by atoms with Gasteiger partial charge in [0.25, 0.3) is 5.95 Å². The number of nitrogens with zero attached hydrogens (tertiary/aromatic N) is 5. The maximum Gasteiger partial charge on any atom is 0.257 e. The van der Waals surface area contributed by atoms with Crippen LogP contribution in [-0.2, 0) is 0 Å². The van der Waals surface area contributed by atoms with Gasteiger partial charge in [0.2, 0.25) is 11.9 Å². The summed E-state index contributed by atoms with van der Waals surface area (Å²) in [5.74, 6) is 0.443. The van der Waals surface area contributed by atoms with Gasteiger partial charge in [-0.15, -0.1) is 0 Å². The third kappa shape index (κ3) is 2.70. The largest absolute Gasteiger partial charge is 0.394 e. The number of aliphatic hydroxyl groups excluding tert-OH is 2. The molecule has 0 aliphatic rings. The summed E-state index contributed by atoms with van der Waals surface area (Å²) in [6.45, 7) is -0.502. The maximum atomic E-state index is 8.97. The Bertz CT molecular complexity index is 498. The molecule has 0 aromatic carbocycles. The molecule has 0 saturated carbocycles. The van der Waals surface area contributed by atoms with Gasteiger partial charge in [-0.2, -0.15) is 20.1 Å². The van der Waals surface area contributed by atoms with E-state index in [1.54, 1.807) is 18.5 Å². The highest BCUT2D eigenvalue weighted by molar-refractivity contribution is 5.35. The Kier molecular flexibility index (Phi) is 3.65. The maximum absolute atomic E-state index is 8.97. The van der Waals surface area contributed by atoms with E-state index in [4.69, 9.17) is 15.9 Å². The molecule has 0 amide bonds. The Labute approximate surface area is 102 Å². The van der Waals surface area contributed by atoms with E-state index in [2.05, 4.69) is 25.4 Å². The number of rotatable bonds is 5. The van der Waals surface area contributed by atoms with Crippen molar-refractivity contribution < 1.29 is 10.2 Å². The first-order chi connectivity index (χ1) is 8.72. The van der Waals surface area contributed by atoms with Crippen molar-refractivity contribution >= 4 is 11.9 Å². The van der Waals surface area contributed by atoms with Crippen LogP contribution >= 0.6 is 0 Å². The first-order valence-corrected chi connectivity index (χ1v) is 5.22. The van der Waals surface area contributed by atoms with E-state index in [9.17, 15) is 0 Å². The molecule has 9 nitrogen and oxygen atoms in total. The van der Waals surface area contributed by atoms with Crippen LogP contribution in [0.3, 0.4) is 0 Å². The standard InChI is InChI=1S/C9H13N7O2/c10-7-13-8(12-6(4-17)5-18)15-9(14-7)16-3-1-2-11-16/h1-3,6,17-18H,4-5H2,(H3,10,12,13,14,15). The summed E-state index contributed by atoms with van der Waals surface area (Å²) < 4.78 is 1.43. The lowest BCUT2D eigenvalue weighted by molar-refractivity contribution is 0.203. The molecule has 2 aromatic heterocycles. The molecule has 0 saturated heterocycles. The Morgan fingerprint density at radius 3 is 2.67 bits per heavy atom. The van der Waals surface area contributed by atoms with Crippen molar-refractivity contribution in [2.24, 2.45) is 0 Å². The Morgan fingerprint density at radius 2 is 2.06 bits per heavy atom. The van der Waals surface area contributed by atoms with Crippen molar-refractivity contribution in [2.45, 2.75) is 6.04 Å². The average Bonchev–Trinajstić information content (AvgIpc) is 2.89. The van der Waals surface area contributed by atoms with Gasteiger partial charge in [-0.25, -0.2) is 4.68 Å². The second-order valence-corrected chi connectivity index (χ2v) is 3.47. The molecule has 2 heterocycles. The molecular formula is C9H13N7O2. The molecule has 0 radical (unpaired) electrons. The fraction of sp³-hybridized carbons (Fsp3) is 0.333. The summed E-state index contributed by atoms with van der Waals surface area (Å²) in [6, 6.07) is 1.16. The lowest BCUT2D eigenvalue weighted by atomic mass is 10.3. The number of hydrogen-bond acceptors (Lipinski definition) is 8. The second-order valence-electron chi connectivity index (χ2n) is 3.47. The highest BCUT2D eigenvalue weighted by Crippen LogP contribution is 2.07. The number of nitrogens with one attached hydrogen (secondary N) is 1. The molecule has 0 aliphatic heterocycles. The summed E-state index contributed by atoms with van der Waals surface area (Å²) in [5.41, 5.74) is 5.56. The first-order valence-electron chi connectivity index (χ1n) is 5.22. The van der Waals surface area contributed by atoms with E-state index in [1.807, 2.05) is 0 Å². The van der Waals surface area contributed by atoms with Crippen molar-refractivity contribution in [3.63, 3.8) is 0 Å². The minimum Gasteiger partial charge on any atom is -0.394 e. The third-order valence-electron chi connectivity index (χ3n) is 2.12. The quantitative estimate of drug-likeness (QED) is 0.499. The number of nitrogens with two attached hydrogens (primary N) is 1. The van der Waals surface area contributed by atoms with Crippen LogP contribution < -0.4 is 11.1 Å². The van der Waals surface area contributed by atoms with Crippen LogP contribution in [0, 0.1) is 0 Å². The molecule has 5 N–H and O–H groups in total. The van der Waals surface area contributed by atoms with E-state index in [1.165, 1.54) is 4.68 Å². The average molecular weight is 251 g/mol. The van der Waals surface area contributed by atoms with Crippen LogP contribution in [0.15, 0.2) is 18.5 Å². The van der Waals surface area contributed by atoms with Crippen molar-refractivity contribution in [3.05, 3.63) is 18.5 Å². The van der Waals surface area contributed by atoms with Crippen LogP contribution in [0.4, 0.5) is 11.9 Å². The number of hydrogen-bond donors (Lipinski definition) is 4. The molecule has 0 unspecified atom stereocenters. The van der Waals surface area contributed by atoms with Crippen molar-refractivity contribution in [1.29, 1.82) is 0 Å². The second kappa shape index (κ2) is 5.38. The molecule has 0 fully saturated rings. The van der Waals surface area contributed by atoms with Crippen LogP contribution in [0.1, 0.15) is 0 Å². The first kappa shape index (κ1) is 12.2. The van der Waals surface area contributed by atoms with E-state index in [0.717, 1.165) is 0 Å². The normalized spacial score (nSPS) is 10.8. The van der Waals surface area contributed by atoms with Crippen molar-refractivity contribution in [3.8, 4) is 5.95 Å². The van der Waals surface area contributed by atoms with E-state index in [-0.39, 0.29) is 31.1 Å². The highest BCUT2D eigenvalue weighted by atomic mass is 16.3. The Morgan fingerprint density at radius 1 is 1.28 bits per heavy atom. The van der Waals surface area contributed by atoms with Crippen LogP contribution in [0.5, 0.6) is 0 Å². The molecule has 0 bridgehead atoms. The molecule has 96 valence electrons. The fourth-order valence-electron chi connectivity index (χ4n) is 1.27. The zero-order chi connectivity index (χ0) is 13.0. The predicted molar refractivity (Wildman–Crippen MR) is 62.9 cm³/mol. The predicted octanol–water partition coefficient (Wildman–Crippen LogP) is -1.60. The number of anilines is 2. The minimum atomic E-state index is -0.558. The molecule has 0 atom stereocenters. The Hall–Kier alpha value is -2.26. The van der Waals surface area contributed by atoms with Gasteiger partial charge in [-0.1, -0.05) is 0 Å². The molecule has 2 rings (SSSR count). The van der Waals surface area contributed by atoms with Gasteiger partial charge in [0, 0.05) is 12.4 Å². The van der Waals surface area contributed by atoms with Crippen LogP contribution in [0.25, 0.3) is 5.95 Å². The van der Waals surface area contributed by atoms with Gasteiger partial charge in [0.15, 0.2) is 0 Å². The van der Waals surface area contributed by atoms with E-state index < -0.39 is 6.04 Å². The van der Waals surface area contributed by atoms with Gasteiger partial charge in [-0.05, 0) is 6.07 Å². The zero-order valence-electron chi connectivity index (χ0n) is 9.43. The summed E-state index contributed by atoms with van der Waals surface area (Å²) in [5, 5.41) is 24.6. The lowest BCUT2D eigenvalue weighted by Gasteiger charge is -2.13. The van der Waals surface area contributed by atoms with Gasteiger partial charge in [0.1, 0.15) is 0 Å². The third-order valence-corrected chi connectivity index (χ3v) is 2.12. The number of aromatic nitrogens is 5. The van der Waals surface area contributed by atoms with Gasteiger partial charge >= 0.3 is 0 Å². The SMILES string of the molecule is Nc1nc(NC(CO)CO)nc(-n2cccn2)n1. The summed E-state index contributed by atoms with van der Waals surface area (Å²) >= 11 is 0. The van der Waals surface area contributed by atoms with Gasteiger partial charge in [-0.3, -0.25) is 0 Å². The topological polar surface area (TPSA) is 135 Å². The zero-order valence-corrected chi connectivity index (χ0v) is 9.43. The van der Waals surface area contributed by atoms with Crippen LogP contribution in [0.2, 0.25) is 0 Å². The Balaban J connectivity index is 2.27. The van der Waals surface area contributed by atoms with Gasteiger partial charge in [0.05, 0.1) is 19.3 Å².